The first-order chi connectivity index (χ1) is 8.42. The molecule has 0 bridgehead atoms. The normalized spacial score (nSPS) is 19.8. The predicted molar refractivity (Wildman–Crippen MR) is 73.6 cm³/mol. The number of thioether (sulfide) groups is 1. The molecule has 1 aliphatic carbocycles. The summed E-state index contributed by atoms with van der Waals surface area (Å²) >= 11 is 1.73. The fourth-order valence-electron chi connectivity index (χ4n) is 2.06. The molecule has 0 aliphatic heterocycles. The van der Waals surface area contributed by atoms with Gasteiger partial charge in [0, 0.05) is 5.25 Å². The SMILES string of the molecule is N#CCSC(c1ccccc1)C1C=CC=CC1. The van der Waals surface area contributed by atoms with Crippen LogP contribution in [0.2, 0.25) is 0 Å². The van der Waals surface area contributed by atoms with E-state index in [4.69, 9.17) is 5.26 Å². The van der Waals surface area contributed by atoms with Crippen molar-refractivity contribution in [2.24, 2.45) is 5.92 Å². The van der Waals surface area contributed by atoms with Gasteiger partial charge in [-0.15, -0.1) is 11.8 Å². The number of nitriles is 1. The van der Waals surface area contributed by atoms with E-state index in [1.165, 1.54) is 5.56 Å². The molecule has 0 saturated carbocycles. The van der Waals surface area contributed by atoms with Gasteiger partial charge in [0.2, 0.25) is 0 Å². The number of rotatable bonds is 4. The van der Waals surface area contributed by atoms with Gasteiger partial charge in [0.1, 0.15) is 0 Å². The highest BCUT2D eigenvalue weighted by Gasteiger charge is 2.21. The Balaban J connectivity index is 2.16. The zero-order valence-electron chi connectivity index (χ0n) is 9.62. The summed E-state index contributed by atoms with van der Waals surface area (Å²) in [7, 11) is 0. The summed E-state index contributed by atoms with van der Waals surface area (Å²) in [4.78, 5) is 0. The van der Waals surface area contributed by atoms with Crippen LogP contribution in [0.4, 0.5) is 0 Å². The molecular weight excluding hydrogens is 226 g/mol. The third-order valence-electron chi connectivity index (χ3n) is 2.86. The van der Waals surface area contributed by atoms with E-state index in [1.807, 2.05) is 6.07 Å². The highest BCUT2D eigenvalue weighted by atomic mass is 32.2. The van der Waals surface area contributed by atoms with Gasteiger partial charge in [0.05, 0.1) is 11.8 Å². The summed E-state index contributed by atoms with van der Waals surface area (Å²) in [5, 5.41) is 9.14. The summed E-state index contributed by atoms with van der Waals surface area (Å²) in [5.41, 5.74) is 1.32. The average molecular weight is 241 g/mol. The Morgan fingerprint density at radius 1 is 1.29 bits per heavy atom. The van der Waals surface area contributed by atoms with E-state index in [1.54, 1.807) is 11.8 Å². The molecule has 1 aromatic carbocycles. The third kappa shape index (κ3) is 3.25. The van der Waals surface area contributed by atoms with Gasteiger partial charge in [-0.05, 0) is 17.9 Å². The molecule has 2 rings (SSSR count). The van der Waals surface area contributed by atoms with Gasteiger partial charge in [-0.2, -0.15) is 5.26 Å². The van der Waals surface area contributed by atoms with Gasteiger partial charge >= 0.3 is 0 Å². The maximum atomic E-state index is 8.76. The molecule has 0 fully saturated rings. The number of benzene rings is 1. The summed E-state index contributed by atoms with van der Waals surface area (Å²) < 4.78 is 0. The maximum Gasteiger partial charge on any atom is 0.0814 e. The van der Waals surface area contributed by atoms with Gasteiger partial charge in [-0.3, -0.25) is 0 Å². The van der Waals surface area contributed by atoms with Crippen molar-refractivity contribution in [1.29, 1.82) is 5.26 Å². The summed E-state index contributed by atoms with van der Waals surface area (Å²) in [6, 6.07) is 12.7. The zero-order chi connectivity index (χ0) is 11.9. The smallest absolute Gasteiger partial charge is 0.0814 e. The van der Waals surface area contributed by atoms with Gasteiger partial charge in [-0.25, -0.2) is 0 Å². The molecule has 2 heteroatoms. The Morgan fingerprint density at radius 3 is 2.76 bits per heavy atom. The molecule has 0 radical (unpaired) electrons. The first kappa shape index (κ1) is 12.0. The highest BCUT2D eigenvalue weighted by Crippen LogP contribution is 2.39. The van der Waals surface area contributed by atoms with Crippen LogP contribution in [0.3, 0.4) is 0 Å². The van der Waals surface area contributed by atoms with Crippen molar-refractivity contribution in [2.75, 3.05) is 5.75 Å². The van der Waals surface area contributed by atoms with Crippen molar-refractivity contribution in [3.05, 3.63) is 60.2 Å². The number of hydrogen-bond acceptors (Lipinski definition) is 2. The van der Waals surface area contributed by atoms with E-state index in [0.717, 1.165) is 6.42 Å². The van der Waals surface area contributed by atoms with Crippen LogP contribution in [0.5, 0.6) is 0 Å². The van der Waals surface area contributed by atoms with Gasteiger partial charge in [-0.1, -0.05) is 54.6 Å². The topological polar surface area (TPSA) is 23.8 Å². The van der Waals surface area contributed by atoms with Crippen LogP contribution in [0, 0.1) is 17.2 Å². The molecule has 0 N–H and O–H groups in total. The second-order valence-electron chi connectivity index (χ2n) is 4.01. The number of nitrogens with zero attached hydrogens (tertiary/aromatic N) is 1. The van der Waals surface area contributed by atoms with Crippen LogP contribution < -0.4 is 0 Å². The van der Waals surface area contributed by atoms with Crippen LogP contribution in [-0.2, 0) is 0 Å². The van der Waals surface area contributed by atoms with E-state index < -0.39 is 0 Å². The van der Waals surface area contributed by atoms with Crippen LogP contribution in [0.1, 0.15) is 17.2 Å². The minimum atomic E-state index is 0.386. The lowest BCUT2D eigenvalue weighted by molar-refractivity contribution is 0.639. The zero-order valence-corrected chi connectivity index (χ0v) is 10.4. The molecule has 0 heterocycles. The lowest BCUT2D eigenvalue weighted by atomic mass is 9.92. The minimum Gasteiger partial charge on any atom is -0.197 e. The molecule has 1 aliphatic rings. The van der Waals surface area contributed by atoms with Crippen molar-refractivity contribution in [3.8, 4) is 6.07 Å². The second kappa shape index (κ2) is 6.32. The average Bonchev–Trinajstić information content (AvgIpc) is 2.42. The summed E-state index contributed by atoms with van der Waals surface area (Å²) in [6.07, 6.45) is 9.72. The lowest BCUT2D eigenvalue weighted by Gasteiger charge is -2.24. The maximum absolute atomic E-state index is 8.76. The number of allylic oxidation sites excluding steroid dienone is 4. The van der Waals surface area contributed by atoms with E-state index in [9.17, 15) is 0 Å². The van der Waals surface area contributed by atoms with Crippen molar-refractivity contribution >= 4 is 11.8 Å². The van der Waals surface area contributed by atoms with Gasteiger partial charge < -0.3 is 0 Å². The lowest BCUT2D eigenvalue weighted by Crippen LogP contribution is -2.09. The minimum absolute atomic E-state index is 0.386. The molecule has 2 unspecified atom stereocenters. The predicted octanol–water partition coefficient (Wildman–Crippen LogP) is 4.12. The molecule has 17 heavy (non-hydrogen) atoms. The first-order valence-electron chi connectivity index (χ1n) is 5.78. The molecule has 0 amide bonds. The van der Waals surface area contributed by atoms with E-state index in [2.05, 4.69) is 54.6 Å². The van der Waals surface area contributed by atoms with Crippen LogP contribution in [0.25, 0.3) is 0 Å². The molecule has 86 valence electrons. The summed E-state index contributed by atoms with van der Waals surface area (Å²) in [5.74, 6) is 1.05. The largest absolute Gasteiger partial charge is 0.197 e. The Labute approximate surface area is 107 Å². The second-order valence-corrected chi connectivity index (χ2v) is 5.14. The van der Waals surface area contributed by atoms with Gasteiger partial charge in [0.25, 0.3) is 0 Å². The molecular formula is C15H15NS. The first-order valence-corrected chi connectivity index (χ1v) is 6.83. The Bertz CT molecular complexity index is 442. The van der Waals surface area contributed by atoms with Crippen LogP contribution in [0.15, 0.2) is 54.6 Å². The van der Waals surface area contributed by atoms with Crippen molar-refractivity contribution < 1.29 is 0 Å². The Morgan fingerprint density at radius 2 is 2.12 bits per heavy atom. The molecule has 2 atom stereocenters. The van der Waals surface area contributed by atoms with Crippen LogP contribution in [-0.4, -0.2) is 5.75 Å². The van der Waals surface area contributed by atoms with Gasteiger partial charge in [0.15, 0.2) is 0 Å². The highest BCUT2D eigenvalue weighted by molar-refractivity contribution is 7.99. The summed E-state index contributed by atoms with van der Waals surface area (Å²) in [6.45, 7) is 0. The van der Waals surface area contributed by atoms with Crippen molar-refractivity contribution in [1.82, 2.24) is 0 Å². The quantitative estimate of drug-likeness (QED) is 0.791. The van der Waals surface area contributed by atoms with Crippen molar-refractivity contribution in [3.63, 3.8) is 0 Å². The Kier molecular flexibility index (Phi) is 4.46. The molecule has 1 aromatic rings. The standard InChI is InChI=1S/C15H15NS/c16-11-12-17-15(13-7-3-1-4-8-13)14-9-5-2-6-10-14/h1-9,14-15H,10,12H2. The third-order valence-corrected chi connectivity index (χ3v) is 4.13. The number of hydrogen-bond donors (Lipinski definition) is 0. The fraction of sp³-hybridized carbons (Fsp3) is 0.267. The van der Waals surface area contributed by atoms with Crippen molar-refractivity contribution in [2.45, 2.75) is 11.7 Å². The molecule has 0 spiro atoms. The fourth-order valence-corrected chi connectivity index (χ4v) is 3.11. The monoisotopic (exact) mass is 241 g/mol. The van der Waals surface area contributed by atoms with E-state index in [0.29, 0.717) is 16.9 Å². The molecule has 1 nitrogen and oxygen atoms in total. The molecule has 0 saturated heterocycles. The van der Waals surface area contributed by atoms with Crippen LogP contribution >= 0.6 is 11.8 Å². The molecule has 0 aromatic heterocycles. The van der Waals surface area contributed by atoms with E-state index >= 15 is 0 Å². The van der Waals surface area contributed by atoms with E-state index in [-0.39, 0.29) is 0 Å². The Hall–Kier alpha value is -1.46.